The van der Waals surface area contributed by atoms with Gasteiger partial charge in [-0.1, -0.05) is 0 Å². The van der Waals surface area contributed by atoms with E-state index in [-0.39, 0.29) is 25.6 Å². The van der Waals surface area contributed by atoms with Gasteiger partial charge >= 0.3 is 0 Å². The van der Waals surface area contributed by atoms with E-state index < -0.39 is 0 Å². The third kappa shape index (κ3) is 4.84. The Kier molecular flexibility index (Phi) is 6.27. The number of nitrogens with zero attached hydrogens (tertiary/aromatic N) is 4. The Balaban J connectivity index is 1.55. The van der Waals surface area contributed by atoms with Crippen molar-refractivity contribution in [3.8, 4) is 11.5 Å². The summed E-state index contributed by atoms with van der Waals surface area (Å²) in [5.41, 5.74) is 4.14. The Morgan fingerprint density at radius 1 is 1.12 bits per heavy atom. The van der Waals surface area contributed by atoms with Gasteiger partial charge in [-0.2, -0.15) is 0 Å². The van der Waals surface area contributed by atoms with Crippen LogP contribution in [0.25, 0.3) is 11.0 Å². The van der Waals surface area contributed by atoms with Gasteiger partial charge in [-0.25, -0.2) is 9.97 Å². The number of amides is 1. The normalized spacial score (nSPS) is 10.8. The molecule has 164 valence electrons. The second kappa shape index (κ2) is 9.44. The highest BCUT2D eigenvalue weighted by molar-refractivity contribution is 5.89. The Morgan fingerprint density at radius 2 is 2.00 bits per heavy atom. The SMILES string of the molecule is Cc1ccc(Oc2ccc(Nc3ncnc4ccn(CC(=O)NCCO)c34)cc2C)cn1. The fourth-order valence-electron chi connectivity index (χ4n) is 3.28. The second-order valence-corrected chi connectivity index (χ2v) is 7.32. The van der Waals surface area contributed by atoms with E-state index in [0.29, 0.717) is 11.6 Å². The van der Waals surface area contributed by atoms with Gasteiger partial charge in [0.25, 0.3) is 0 Å². The van der Waals surface area contributed by atoms with Crippen LogP contribution in [0.1, 0.15) is 11.3 Å². The summed E-state index contributed by atoms with van der Waals surface area (Å²) in [7, 11) is 0. The van der Waals surface area contributed by atoms with E-state index in [1.54, 1.807) is 17.0 Å². The molecule has 9 nitrogen and oxygen atoms in total. The first-order valence-electron chi connectivity index (χ1n) is 10.2. The summed E-state index contributed by atoms with van der Waals surface area (Å²) < 4.78 is 7.72. The molecule has 3 N–H and O–H groups in total. The number of pyridine rings is 1. The molecule has 0 saturated heterocycles. The van der Waals surface area contributed by atoms with E-state index in [4.69, 9.17) is 9.84 Å². The van der Waals surface area contributed by atoms with Crippen LogP contribution < -0.4 is 15.4 Å². The number of aliphatic hydroxyl groups is 1. The third-order valence-electron chi connectivity index (χ3n) is 4.85. The van der Waals surface area contributed by atoms with Gasteiger partial charge in [0.05, 0.1) is 18.3 Å². The molecule has 0 spiro atoms. The van der Waals surface area contributed by atoms with Crippen LogP contribution in [0.5, 0.6) is 11.5 Å². The van der Waals surface area contributed by atoms with Crippen LogP contribution in [-0.2, 0) is 11.3 Å². The van der Waals surface area contributed by atoms with Crippen LogP contribution in [0, 0.1) is 13.8 Å². The Hall–Kier alpha value is -3.98. The van der Waals surface area contributed by atoms with Crippen LogP contribution in [0.4, 0.5) is 11.5 Å². The first kappa shape index (κ1) is 21.3. The number of hydrogen-bond donors (Lipinski definition) is 3. The number of hydrogen-bond acceptors (Lipinski definition) is 7. The van der Waals surface area contributed by atoms with Crippen molar-refractivity contribution in [3.05, 3.63) is 66.4 Å². The van der Waals surface area contributed by atoms with Gasteiger partial charge in [-0.05, 0) is 55.8 Å². The lowest BCUT2D eigenvalue weighted by Crippen LogP contribution is -2.29. The van der Waals surface area contributed by atoms with E-state index >= 15 is 0 Å². The first-order valence-corrected chi connectivity index (χ1v) is 10.2. The van der Waals surface area contributed by atoms with Crippen molar-refractivity contribution in [1.29, 1.82) is 0 Å². The Morgan fingerprint density at radius 3 is 2.75 bits per heavy atom. The van der Waals surface area contributed by atoms with E-state index in [0.717, 1.165) is 33.7 Å². The maximum Gasteiger partial charge on any atom is 0.240 e. The number of aliphatic hydroxyl groups excluding tert-OH is 1. The molecule has 3 aromatic heterocycles. The number of benzene rings is 1. The number of fused-ring (bicyclic) bond motifs is 1. The molecule has 0 radical (unpaired) electrons. The van der Waals surface area contributed by atoms with E-state index in [1.165, 1.54) is 6.33 Å². The summed E-state index contributed by atoms with van der Waals surface area (Å²) >= 11 is 0. The summed E-state index contributed by atoms with van der Waals surface area (Å²) in [4.78, 5) is 25.0. The van der Waals surface area contributed by atoms with Gasteiger partial charge in [0.1, 0.15) is 29.9 Å². The molecular weight excluding hydrogens is 408 g/mol. The van der Waals surface area contributed by atoms with Gasteiger partial charge < -0.3 is 25.0 Å². The highest BCUT2D eigenvalue weighted by Gasteiger charge is 2.13. The third-order valence-corrected chi connectivity index (χ3v) is 4.85. The maximum atomic E-state index is 12.1. The smallest absolute Gasteiger partial charge is 0.240 e. The molecule has 4 rings (SSSR count). The molecule has 0 aliphatic heterocycles. The highest BCUT2D eigenvalue weighted by Crippen LogP contribution is 2.29. The molecule has 1 amide bonds. The van der Waals surface area contributed by atoms with E-state index in [2.05, 4.69) is 25.6 Å². The summed E-state index contributed by atoms with van der Waals surface area (Å²) in [5, 5.41) is 14.9. The minimum Gasteiger partial charge on any atom is -0.455 e. The second-order valence-electron chi connectivity index (χ2n) is 7.32. The number of aromatic nitrogens is 4. The van der Waals surface area contributed by atoms with Crippen molar-refractivity contribution < 1.29 is 14.6 Å². The lowest BCUT2D eigenvalue weighted by molar-refractivity contribution is -0.121. The molecule has 0 aliphatic carbocycles. The standard InChI is InChI=1S/C23H24N6O3/c1-15-11-17(4-6-20(15)32-18-5-3-16(2)25-12-18)28-23-22-19(26-14-27-23)7-9-29(22)13-21(31)24-8-10-30/h3-7,9,11-12,14,30H,8,10,13H2,1-2H3,(H,24,31)(H,26,27,28). The monoisotopic (exact) mass is 432 g/mol. The van der Waals surface area contributed by atoms with Gasteiger partial charge in [-0.3, -0.25) is 9.78 Å². The molecule has 0 atom stereocenters. The predicted octanol–water partition coefficient (Wildman–Crippen LogP) is 3.09. The van der Waals surface area contributed by atoms with Gasteiger partial charge in [0, 0.05) is 24.1 Å². The van der Waals surface area contributed by atoms with E-state index in [1.807, 2.05) is 50.2 Å². The van der Waals surface area contributed by atoms with Crippen molar-refractivity contribution in [2.45, 2.75) is 20.4 Å². The van der Waals surface area contributed by atoms with Crippen LogP contribution in [0.3, 0.4) is 0 Å². The van der Waals surface area contributed by atoms with Crippen molar-refractivity contribution in [3.63, 3.8) is 0 Å². The minimum atomic E-state index is -0.200. The zero-order valence-corrected chi connectivity index (χ0v) is 17.9. The fraction of sp³-hybridized carbons (Fsp3) is 0.217. The summed E-state index contributed by atoms with van der Waals surface area (Å²) in [6, 6.07) is 11.4. The average Bonchev–Trinajstić information content (AvgIpc) is 3.19. The number of ether oxygens (including phenoxy) is 1. The number of anilines is 2. The Bertz CT molecular complexity index is 1240. The molecule has 0 aliphatic rings. The van der Waals surface area contributed by atoms with Crippen molar-refractivity contribution in [1.82, 2.24) is 24.8 Å². The van der Waals surface area contributed by atoms with Gasteiger partial charge in [-0.15, -0.1) is 0 Å². The number of carbonyl (C=O) groups is 1. The van der Waals surface area contributed by atoms with Crippen molar-refractivity contribution in [2.75, 3.05) is 18.5 Å². The quantitative estimate of drug-likeness (QED) is 0.392. The molecule has 4 aromatic rings. The summed E-state index contributed by atoms with van der Waals surface area (Å²) in [5.74, 6) is 1.80. The molecule has 0 fully saturated rings. The van der Waals surface area contributed by atoms with Gasteiger partial charge in [0.15, 0.2) is 5.82 Å². The molecule has 3 heterocycles. The minimum absolute atomic E-state index is 0.0992. The molecule has 9 heteroatoms. The molecular formula is C23H24N6O3. The molecule has 1 aromatic carbocycles. The first-order chi connectivity index (χ1) is 15.5. The van der Waals surface area contributed by atoms with Gasteiger partial charge in [0.2, 0.25) is 5.91 Å². The average molecular weight is 432 g/mol. The lowest BCUT2D eigenvalue weighted by atomic mass is 10.2. The zero-order chi connectivity index (χ0) is 22.5. The predicted molar refractivity (Wildman–Crippen MR) is 121 cm³/mol. The van der Waals surface area contributed by atoms with Crippen LogP contribution in [-0.4, -0.2) is 43.7 Å². The maximum absolute atomic E-state index is 12.1. The topological polar surface area (TPSA) is 114 Å². The van der Waals surface area contributed by atoms with E-state index in [9.17, 15) is 4.79 Å². The number of aryl methyl sites for hydroxylation is 2. The Labute approximate surface area is 185 Å². The number of rotatable bonds is 8. The van der Waals surface area contributed by atoms with Crippen LogP contribution in [0.2, 0.25) is 0 Å². The fourth-order valence-corrected chi connectivity index (χ4v) is 3.28. The number of nitrogens with one attached hydrogen (secondary N) is 2. The lowest BCUT2D eigenvalue weighted by Gasteiger charge is -2.13. The van der Waals surface area contributed by atoms with Crippen molar-refractivity contribution >= 4 is 28.4 Å². The summed E-state index contributed by atoms with van der Waals surface area (Å²) in [6.45, 7) is 4.10. The van der Waals surface area contributed by atoms with Crippen LogP contribution in [0.15, 0.2) is 55.1 Å². The zero-order valence-electron chi connectivity index (χ0n) is 17.9. The molecule has 32 heavy (non-hydrogen) atoms. The molecule has 0 bridgehead atoms. The van der Waals surface area contributed by atoms with Crippen LogP contribution >= 0.6 is 0 Å². The largest absolute Gasteiger partial charge is 0.455 e. The number of carbonyl (C=O) groups excluding carboxylic acids is 1. The summed E-state index contributed by atoms with van der Waals surface area (Å²) in [6.07, 6.45) is 4.97. The molecule has 0 saturated carbocycles. The van der Waals surface area contributed by atoms with Crippen molar-refractivity contribution in [2.24, 2.45) is 0 Å². The highest BCUT2D eigenvalue weighted by atomic mass is 16.5. The molecule has 0 unspecified atom stereocenters.